The third kappa shape index (κ3) is 13.0. The molecule has 12 heterocycles. The Morgan fingerprint density at radius 3 is 1.29 bits per heavy atom. The summed E-state index contributed by atoms with van der Waals surface area (Å²) in [5.74, 6) is 2.99. The summed E-state index contributed by atoms with van der Waals surface area (Å²) in [6, 6.07) is 32.7. The summed E-state index contributed by atoms with van der Waals surface area (Å²) in [4.78, 5) is 18.3. The minimum Gasteiger partial charge on any atom is -0.396 e. The van der Waals surface area contributed by atoms with Crippen LogP contribution in [0.4, 0.5) is 23.3 Å². The lowest BCUT2D eigenvalue weighted by molar-refractivity contribution is 0.124. The number of hydrogen-bond donors (Lipinski definition) is 9. The van der Waals surface area contributed by atoms with Crippen molar-refractivity contribution in [3.63, 3.8) is 0 Å². The van der Waals surface area contributed by atoms with Crippen LogP contribution in [0.2, 0.25) is 0 Å². The van der Waals surface area contributed by atoms with Gasteiger partial charge in [0.15, 0.2) is 0 Å². The number of nitrogens with one attached hydrogen (secondary N) is 4. The van der Waals surface area contributed by atoms with E-state index in [1.807, 2.05) is 94.6 Å². The van der Waals surface area contributed by atoms with Gasteiger partial charge in [-0.15, -0.1) is 0 Å². The number of aliphatic hydroxyl groups excluding tert-OH is 1. The summed E-state index contributed by atoms with van der Waals surface area (Å²) in [6.45, 7) is 12.6. The van der Waals surface area contributed by atoms with Crippen molar-refractivity contribution < 1.29 is 9.84 Å². The average molecular weight is 1340 g/mol. The summed E-state index contributed by atoms with van der Waals surface area (Å²) >= 11 is 0. The molecule has 3 atom stereocenters. The number of aromatic amines is 4. The zero-order valence-electron chi connectivity index (χ0n) is 56.3. The highest BCUT2D eigenvalue weighted by atomic mass is 16.5. The van der Waals surface area contributed by atoms with E-state index >= 15 is 0 Å². The number of anilines is 4. The van der Waals surface area contributed by atoms with Crippen LogP contribution in [0.5, 0.6) is 0 Å². The van der Waals surface area contributed by atoms with Crippen LogP contribution < -0.4 is 22.9 Å². The molecule has 16 aromatic rings. The SMILES string of the molecule is CC1CCC(n2cc3c(N)nc4cc(-c5ccn[nH]5)ccc4c3n2)C1.CCC(CO)Cn1cc2c(N)nc3cc(-c4ccn[nH]4)ccc3c2n1.CCC1(Cn2cc3c(N)nc4cc(-c5ccn[nH]5)ccc4c3n2)CC1.CCCOCCn1cc2c(N)nc3cc(-c4ccn[nH]4)ccc3c2n1. The molecule has 508 valence electrons. The molecule has 100 heavy (non-hydrogen) atoms. The number of hydrogen-bond acceptors (Lipinski definition) is 18. The number of pyridine rings is 4. The highest BCUT2D eigenvalue weighted by Gasteiger charge is 2.41. The number of fused-ring (bicyclic) bond motifs is 12. The molecule has 0 amide bonds. The van der Waals surface area contributed by atoms with Crippen molar-refractivity contribution in [2.45, 2.75) is 105 Å². The molecular weight excluding hydrogens is 1260 g/mol. The van der Waals surface area contributed by atoms with E-state index in [0.29, 0.717) is 54.4 Å². The molecule has 3 unspecified atom stereocenters. The lowest BCUT2D eigenvalue weighted by atomic mass is 10.0. The largest absolute Gasteiger partial charge is 0.396 e. The lowest BCUT2D eigenvalue weighted by Crippen LogP contribution is -2.13. The lowest BCUT2D eigenvalue weighted by Gasteiger charge is -2.11. The number of ether oxygens (including phenoxy) is 1. The van der Waals surface area contributed by atoms with Crippen molar-refractivity contribution in [3.8, 4) is 45.0 Å². The molecule has 0 bridgehead atoms. The van der Waals surface area contributed by atoms with E-state index < -0.39 is 0 Å². The Morgan fingerprint density at radius 1 is 0.500 bits per heavy atom. The van der Waals surface area contributed by atoms with Crippen LogP contribution in [0.15, 0.2) is 147 Å². The van der Waals surface area contributed by atoms with Gasteiger partial charge < -0.3 is 32.8 Å². The van der Waals surface area contributed by atoms with E-state index in [2.05, 4.69) is 140 Å². The summed E-state index contributed by atoms with van der Waals surface area (Å²) in [5.41, 5.74) is 40.1. The molecule has 18 rings (SSSR count). The van der Waals surface area contributed by atoms with Gasteiger partial charge in [0.25, 0.3) is 0 Å². The molecule has 13 N–H and O–H groups in total. The van der Waals surface area contributed by atoms with Crippen LogP contribution in [0.25, 0.3) is 132 Å². The second-order valence-corrected chi connectivity index (χ2v) is 26.5. The van der Waals surface area contributed by atoms with Gasteiger partial charge in [-0.05, 0) is 135 Å². The van der Waals surface area contributed by atoms with E-state index in [9.17, 15) is 5.11 Å². The summed E-state index contributed by atoms with van der Waals surface area (Å²) in [6.07, 6.45) is 24.2. The molecule has 0 spiro atoms. The maximum atomic E-state index is 9.42. The van der Waals surface area contributed by atoms with Gasteiger partial charge >= 0.3 is 0 Å². The second kappa shape index (κ2) is 27.3. The quantitative estimate of drug-likeness (QED) is 0.0382. The van der Waals surface area contributed by atoms with Gasteiger partial charge in [-0.25, -0.2) is 19.9 Å². The van der Waals surface area contributed by atoms with Crippen LogP contribution in [0.1, 0.15) is 85.1 Å². The summed E-state index contributed by atoms with van der Waals surface area (Å²) in [5, 5.41) is 64.1. The molecule has 0 aliphatic heterocycles. The first-order valence-corrected chi connectivity index (χ1v) is 34.3. The minimum absolute atomic E-state index is 0.148. The van der Waals surface area contributed by atoms with Gasteiger partial charge in [0.05, 0.1) is 85.6 Å². The van der Waals surface area contributed by atoms with Crippen LogP contribution in [0.3, 0.4) is 0 Å². The number of nitrogens with two attached hydrogens (primary N) is 4. The molecule has 0 saturated heterocycles. The number of benzene rings is 4. The van der Waals surface area contributed by atoms with Crippen LogP contribution in [-0.4, -0.2) is 125 Å². The predicted molar refractivity (Wildman–Crippen MR) is 394 cm³/mol. The number of H-pyrrole nitrogens is 4. The maximum Gasteiger partial charge on any atom is 0.135 e. The third-order valence-electron chi connectivity index (χ3n) is 19.7. The standard InChI is InChI=1S/2C19H20N6.2C18H20N6O/c1-11-2-4-13(8-11)25-10-15-18(24-25)14-5-3-12(16-6-7-21-23-16)9-17(14)22-19(15)20;1-2-19(6-7-19)11-25-10-14-17(24-25)13-4-3-12(15-5-8-21-23-15)9-16(13)22-18(14)20;1-2-11(10-25)8-24-9-14-17(23-24)13-4-3-12(15-5-6-20-22-15)7-16(13)21-18(14)19;1-2-8-25-9-7-24-11-14-17(23-24)13-4-3-12(15-5-6-20-22-15)10-16(13)21-18(14)19/h3,5-7,9-11,13H,2,4,8H2,1H3,(H2,20,22)(H,21,23);3-5,8-10H,2,6-7,11H2,1H3,(H2,20,22)(H,21,23);3-7,9,11,25H,2,8,10H2,1H3,(H2,19,21)(H,20,22);3-6,10-11H,2,7-9H2,1H3,(H2,19,21)(H,20,22). The highest BCUT2D eigenvalue weighted by molar-refractivity contribution is 6.11. The van der Waals surface area contributed by atoms with E-state index in [4.69, 9.17) is 43.0 Å². The summed E-state index contributed by atoms with van der Waals surface area (Å²) < 4.78 is 13.4. The fraction of sp³-hybridized carbons (Fsp3) is 0.297. The Kier molecular flexibility index (Phi) is 17.6. The van der Waals surface area contributed by atoms with Crippen molar-refractivity contribution in [2.75, 3.05) is 42.8 Å². The first kappa shape index (κ1) is 64.4. The summed E-state index contributed by atoms with van der Waals surface area (Å²) in [7, 11) is 0. The number of aromatic nitrogens is 20. The smallest absolute Gasteiger partial charge is 0.135 e. The van der Waals surface area contributed by atoms with Gasteiger partial charge in [-0.1, -0.05) is 52.0 Å². The second-order valence-electron chi connectivity index (χ2n) is 26.5. The van der Waals surface area contributed by atoms with Gasteiger partial charge in [0.2, 0.25) is 0 Å². The number of nitrogen functional groups attached to an aromatic ring is 4. The molecule has 2 aliphatic rings. The number of aliphatic hydroxyl groups is 1. The molecule has 2 aliphatic carbocycles. The van der Waals surface area contributed by atoms with Crippen molar-refractivity contribution in [1.29, 1.82) is 0 Å². The van der Waals surface area contributed by atoms with Crippen molar-refractivity contribution in [3.05, 3.63) is 147 Å². The highest BCUT2D eigenvalue weighted by Crippen LogP contribution is 2.50. The normalized spacial score (nSPS) is 15.2. The van der Waals surface area contributed by atoms with E-state index in [0.717, 1.165) is 164 Å². The fourth-order valence-electron chi connectivity index (χ4n) is 13.6. The van der Waals surface area contributed by atoms with Crippen molar-refractivity contribution in [2.24, 2.45) is 17.3 Å². The molecule has 2 fully saturated rings. The van der Waals surface area contributed by atoms with Gasteiger partial charge in [-0.3, -0.25) is 39.1 Å². The van der Waals surface area contributed by atoms with Crippen molar-refractivity contribution in [1.82, 2.24) is 99.8 Å². The Morgan fingerprint density at radius 2 is 0.910 bits per heavy atom. The van der Waals surface area contributed by atoms with E-state index in [1.54, 1.807) is 24.8 Å². The molecule has 4 aromatic carbocycles. The molecule has 26 heteroatoms. The van der Waals surface area contributed by atoms with Gasteiger partial charge in [0.1, 0.15) is 45.3 Å². The Hall–Kier alpha value is -11.6. The molecule has 12 aromatic heterocycles. The zero-order chi connectivity index (χ0) is 68.6. The van der Waals surface area contributed by atoms with Crippen LogP contribution >= 0.6 is 0 Å². The molecular formula is C74H80N24O2. The maximum absolute atomic E-state index is 9.42. The third-order valence-corrected chi connectivity index (χ3v) is 19.7. The molecule has 26 nitrogen and oxygen atoms in total. The first-order valence-electron chi connectivity index (χ1n) is 34.3. The zero-order valence-corrected chi connectivity index (χ0v) is 56.3. The Balaban J connectivity index is 0.000000108. The van der Waals surface area contributed by atoms with E-state index in [-0.39, 0.29) is 12.5 Å². The Labute approximate surface area is 573 Å². The number of rotatable bonds is 17. The van der Waals surface area contributed by atoms with E-state index in [1.165, 1.54) is 38.5 Å². The topological polar surface area (TPSA) is 371 Å². The first-order chi connectivity index (χ1) is 48.8. The average Bonchev–Trinajstić information content (AvgIpc) is 1.58. The minimum atomic E-state index is 0.148. The number of nitrogens with zero attached hydrogens (tertiary/aromatic N) is 16. The van der Waals surface area contributed by atoms with Crippen LogP contribution in [-0.2, 0) is 24.4 Å². The van der Waals surface area contributed by atoms with Gasteiger partial charge in [-0.2, -0.15) is 40.8 Å². The van der Waals surface area contributed by atoms with Crippen LogP contribution in [0, 0.1) is 17.3 Å². The Bertz CT molecular complexity index is 5530. The fourth-order valence-corrected chi connectivity index (χ4v) is 13.6. The predicted octanol–water partition coefficient (Wildman–Crippen LogP) is 13.2. The molecule has 2 saturated carbocycles. The molecule has 0 radical (unpaired) electrons. The van der Waals surface area contributed by atoms with Crippen molar-refractivity contribution >= 4 is 110 Å². The monoisotopic (exact) mass is 1340 g/mol. The van der Waals surface area contributed by atoms with Gasteiger partial charge in [0, 0.05) is 126 Å².